The van der Waals surface area contributed by atoms with E-state index in [1.165, 1.54) is 24.8 Å². The number of methoxy groups -OCH3 is 1. The number of nitrogens with one attached hydrogen (secondary N) is 1. The van der Waals surface area contributed by atoms with E-state index in [4.69, 9.17) is 10.5 Å². The van der Waals surface area contributed by atoms with Gasteiger partial charge in [-0.1, -0.05) is 6.92 Å². The summed E-state index contributed by atoms with van der Waals surface area (Å²) in [5.41, 5.74) is 7.39. The summed E-state index contributed by atoms with van der Waals surface area (Å²) in [4.78, 5) is 15.6. The van der Waals surface area contributed by atoms with Gasteiger partial charge < -0.3 is 15.8 Å². The van der Waals surface area contributed by atoms with Crippen LogP contribution in [0.2, 0.25) is 0 Å². The number of amides is 1. The highest BCUT2D eigenvalue weighted by Gasteiger charge is 2.44. The fraction of sp³-hybridized carbons (Fsp3) is 0.579. The van der Waals surface area contributed by atoms with Crippen LogP contribution in [0.1, 0.15) is 61.5 Å². The molecule has 0 radical (unpaired) electrons. The highest BCUT2D eigenvalue weighted by molar-refractivity contribution is 5.90. The van der Waals surface area contributed by atoms with Crippen molar-refractivity contribution in [2.75, 3.05) is 7.11 Å². The minimum absolute atomic E-state index is 0.285. The summed E-state index contributed by atoms with van der Waals surface area (Å²) in [7, 11) is 1.75. The fourth-order valence-corrected chi connectivity index (χ4v) is 3.99. The van der Waals surface area contributed by atoms with Crippen molar-refractivity contribution in [3.05, 3.63) is 41.4 Å². The number of ether oxygens (including phenoxy) is 1. The van der Waals surface area contributed by atoms with Crippen LogP contribution in [0.4, 0.5) is 0 Å². The van der Waals surface area contributed by atoms with Crippen molar-refractivity contribution in [1.29, 1.82) is 0 Å². The molecule has 1 heterocycles. The van der Waals surface area contributed by atoms with Crippen molar-refractivity contribution in [3.63, 3.8) is 0 Å². The Balaban J connectivity index is 2.01. The summed E-state index contributed by atoms with van der Waals surface area (Å²) >= 11 is 0. The number of nitrogens with two attached hydrogens (primary N) is 1. The molecule has 130 valence electrons. The molecule has 3 N–H and O–H groups in total. The molecule has 2 saturated carbocycles. The highest BCUT2D eigenvalue weighted by Crippen LogP contribution is 2.47. The van der Waals surface area contributed by atoms with E-state index in [1.807, 2.05) is 6.07 Å². The maximum Gasteiger partial charge on any atom is 0.267 e. The van der Waals surface area contributed by atoms with Gasteiger partial charge in [-0.25, -0.2) is 0 Å². The molecule has 2 atom stereocenters. The highest BCUT2D eigenvalue weighted by atomic mass is 16.5. The summed E-state index contributed by atoms with van der Waals surface area (Å²) in [5.74, 6) is -0.196. The van der Waals surface area contributed by atoms with E-state index < -0.39 is 11.5 Å². The molecular weight excluding hydrogens is 302 g/mol. The van der Waals surface area contributed by atoms with E-state index in [2.05, 4.69) is 23.4 Å². The lowest BCUT2D eigenvalue weighted by Crippen LogP contribution is -2.42. The molecule has 24 heavy (non-hydrogen) atoms. The van der Waals surface area contributed by atoms with Gasteiger partial charge in [0.2, 0.25) is 0 Å². The average molecular weight is 329 g/mol. The van der Waals surface area contributed by atoms with E-state index in [-0.39, 0.29) is 5.69 Å². The predicted octanol–water partition coefficient (Wildman–Crippen LogP) is 2.87. The van der Waals surface area contributed by atoms with Gasteiger partial charge in [0.25, 0.3) is 5.91 Å². The van der Waals surface area contributed by atoms with Gasteiger partial charge in [0.1, 0.15) is 11.3 Å². The number of pyridine rings is 1. The largest absolute Gasteiger partial charge is 0.388 e. The number of rotatable bonds is 5. The van der Waals surface area contributed by atoms with Crippen LogP contribution in [0.5, 0.6) is 0 Å². The zero-order valence-corrected chi connectivity index (χ0v) is 14.5. The SMILES string of the molecule is COC1(c2ccnc(C(N)=O)c2)/C(=C\NC2CCC2)CCCC1C. The molecule has 2 fully saturated rings. The quantitative estimate of drug-likeness (QED) is 0.871. The maximum absolute atomic E-state index is 11.5. The van der Waals surface area contributed by atoms with Crippen LogP contribution >= 0.6 is 0 Å². The standard InChI is InChI=1S/C19H27N3O2/c1-13-5-3-6-15(12-22-16-7-4-8-16)19(13,24-2)14-9-10-21-17(11-14)18(20)23/h9-13,16,22H,3-8H2,1-2H3,(H2,20,23)/b15-12-. The van der Waals surface area contributed by atoms with Crippen LogP contribution < -0.4 is 11.1 Å². The molecule has 2 unspecified atom stereocenters. The molecular formula is C19H27N3O2. The molecule has 2 aliphatic carbocycles. The summed E-state index contributed by atoms with van der Waals surface area (Å²) < 4.78 is 6.12. The van der Waals surface area contributed by atoms with Crippen LogP contribution in [0.3, 0.4) is 0 Å². The van der Waals surface area contributed by atoms with Crippen molar-refractivity contribution in [3.8, 4) is 0 Å². The van der Waals surface area contributed by atoms with Gasteiger partial charge >= 0.3 is 0 Å². The van der Waals surface area contributed by atoms with E-state index in [9.17, 15) is 4.79 Å². The van der Waals surface area contributed by atoms with Crippen molar-refractivity contribution in [2.45, 2.75) is 57.1 Å². The Morgan fingerprint density at radius 1 is 1.42 bits per heavy atom. The van der Waals surface area contributed by atoms with Crippen molar-refractivity contribution >= 4 is 5.91 Å². The lowest BCUT2D eigenvalue weighted by Gasteiger charge is -2.44. The first-order valence-corrected chi connectivity index (χ1v) is 8.85. The minimum atomic E-state index is -0.526. The summed E-state index contributed by atoms with van der Waals surface area (Å²) in [5, 5.41) is 3.56. The Bertz CT molecular complexity index is 639. The Morgan fingerprint density at radius 2 is 2.21 bits per heavy atom. The second kappa shape index (κ2) is 6.93. The van der Waals surface area contributed by atoms with E-state index in [1.54, 1.807) is 19.4 Å². The topological polar surface area (TPSA) is 77.2 Å². The molecule has 5 heteroatoms. The van der Waals surface area contributed by atoms with Gasteiger partial charge in [0.05, 0.1) is 0 Å². The fourth-order valence-electron chi connectivity index (χ4n) is 3.99. The third-order valence-corrected chi connectivity index (χ3v) is 5.62. The first-order valence-electron chi connectivity index (χ1n) is 8.85. The van der Waals surface area contributed by atoms with E-state index >= 15 is 0 Å². The molecule has 0 bridgehead atoms. The molecule has 1 aromatic rings. The first kappa shape index (κ1) is 17.0. The lowest BCUT2D eigenvalue weighted by atomic mass is 9.69. The molecule has 3 rings (SSSR count). The van der Waals surface area contributed by atoms with Gasteiger partial charge in [-0.3, -0.25) is 9.78 Å². The van der Waals surface area contributed by atoms with Gasteiger partial charge in [-0.15, -0.1) is 0 Å². The number of hydrogen-bond donors (Lipinski definition) is 2. The van der Waals surface area contributed by atoms with Gasteiger partial charge in [-0.2, -0.15) is 0 Å². The summed E-state index contributed by atoms with van der Waals surface area (Å²) in [6.45, 7) is 2.21. The molecule has 0 aliphatic heterocycles. The smallest absolute Gasteiger partial charge is 0.267 e. The number of primary amides is 1. The Labute approximate surface area is 143 Å². The lowest BCUT2D eigenvalue weighted by molar-refractivity contribution is -0.0435. The monoisotopic (exact) mass is 329 g/mol. The van der Waals surface area contributed by atoms with Crippen LogP contribution in [-0.2, 0) is 10.3 Å². The molecule has 1 amide bonds. The molecule has 0 saturated heterocycles. The maximum atomic E-state index is 11.5. The Morgan fingerprint density at radius 3 is 2.83 bits per heavy atom. The summed E-state index contributed by atoms with van der Waals surface area (Å²) in [6, 6.07) is 4.31. The average Bonchev–Trinajstić information content (AvgIpc) is 2.54. The van der Waals surface area contributed by atoms with E-state index in [0.717, 1.165) is 24.8 Å². The Kier molecular flexibility index (Phi) is 4.90. The van der Waals surface area contributed by atoms with Crippen LogP contribution in [-0.4, -0.2) is 24.0 Å². The zero-order valence-electron chi connectivity index (χ0n) is 14.5. The van der Waals surface area contributed by atoms with Gasteiger partial charge in [0, 0.05) is 19.3 Å². The van der Waals surface area contributed by atoms with Crippen molar-refractivity contribution < 1.29 is 9.53 Å². The van der Waals surface area contributed by atoms with Crippen LogP contribution in [0.15, 0.2) is 30.1 Å². The number of aromatic nitrogens is 1. The molecule has 1 aromatic heterocycles. The third kappa shape index (κ3) is 2.93. The third-order valence-electron chi connectivity index (χ3n) is 5.62. The van der Waals surface area contributed by atoms with Crippen LogP contribution in [0.25, 0.3) is 0 Å². The second-order valence-electron chi connectivity index (χ2n) is 6.99. The number of hydrogen-bond acceptors (Lipinski definition) is 4. The number of nitrogens with zero attached hydrogens (tertiary/aromatic N) is 1. The van der Waals surface area contributed by atoms with Gasteiger partial charge in [0.15, 0.2) is 0 Å². The van der Waals surface area contributed by atoms with Crippen molar-refractivity contribution in [1.82, 2.24) is 10.3 Å². The first-order chi connectivity index (χ1) is 11.6. The van der Waals surface area contributed by atoms with Gasteiger partial charge in [-0.05, 0) is 73.9 Å². The zero-order chi connectivity index (χ0) is 17.2. The normalized spacial score (nSPS) is 29.2. The van der Waals surface area contributed by atoms with E-state index in [0.29, 0.717) is 12.0 Å². The minimum Gasteiger partial charge on any atom is -0.388 e. The Hall–Kier alpha value is -1.88. The number of carbonyl (C=O) groups excluding carboxylic acids is 1. The van der Waals surface area contributed by atoms with Crippen molar-refractivity contribution in [2.24, 2.45) is 11.7 Å². The van der Waals surface area contributed by atoms with Crippen LogP contribution in [0, 0.1) is 5.92 Å². The molecule has 2 aliphatic rings. The molecule has 5 nitrogen and oxygen atoms in total. The number of carbonyl (C=O) groups is 1. The second-order valence-corrected chi connectivity index (χ2v) is 6.99. The molecule has 0 aromatic carbocycles. The molecule has 0 spiro atoms. The predicted molar refractivity (Wildman–Crippen MR) is 93.3 cm³/mol. The summed E-state index contributed by atoms with van der Waals surface area (Å²) in [6.07, 6.45) is 10.8.